The van der Waals surface area contributed by atoms with Crippen LogP contribution >= 0.6 is 15.9 Å². The van der Waals surface area contributed by atoms with E-state index in [0.717, 1.165) is 28.6 Å². The monoisotopic (exact) mass is 346 g/mol. The van der Waals surface area contributed by atoms with Crippen molar-refractivity contribution < 1.29 is 4.92 Å². The molecule has 1 aromatic carbocycles. The standard InChI is InChI=1S/C16H15BrN2O2/c17-13-7-5-11(6-8-13)14(10-19(20)21)16-9-12-3-1-2-4-15(12)18-16/h1-2,5-9,14,18H,3-4,10H2. The molecule has 108 valence electrons. The molecule has 0 saturated heterocycles. The predicted octanol–water partition coefficient (Wildman–Crippen LogP) is 3.84. The lowest BCUT2D eigenvalue weighted by Crippen LogP contribution is -2.14. The summed E-state index contributed by atoms with van der Waals surface area (Å²) >= 11 is 3.40. The van der Waals surface area contributed by atoms with Crippen molar-refractivity contribution in [3.8, 4) is 0 Å². The van der Waals surface area contributed by atoms with Gasteiger partial charge in [0.1, 0.15) is 0 Å². The van der Waals surface area contributed by atoms with Crippen LogP contribution < -0.4 is 0 Å². The highest BCUT2D eigenvalue weighted by molar-refractivity contribution is 9.10. The van der Waals surface area contributed by atoms with Gasteiger partial charge >= 0.3 is 0 Å². The fourth-order valence-corrected chi connectivity index (χ4v) is 3.02. The first-order valence-electron chi connectivity index (χ1n) is 6.86. The van der Waals surface area contributed by atoms with Gasteiger partial charge in [-0.3, -0.25) is 10.1 Å². The number of H-pyrrole nitrogens is 1. The van der Waals surface area contributed by atoms with Gasteiger partial charge in [0.15, 0.2) is 0 Å². The zero-order valence-electron chi connectivity index (χ0n) is 11.4. The molecule has 0 amide bonds. The Balaban J connectivity index is 1.97. The molecule has 1 aromatic heterocycles. The quantitative estimate of drug-likeness (QED) is 0.519. The summed E-state index contributed by atoms with van der Waals surface area (Å²) in [5.41, 5.74) is 4.32. The summed E-state index contributed by atoms with van der Waals surface area (Å²) in [6.45, 7) is -0.103. The third-order valence-corrected chi connectivity index (χ3v) is 4.35. The van der Waals surface area contributed by atoms with Crippen LogP contribution in [0.5, 0.6) is 0 Å². The Labute approximate surface area is 131 Å². The first-order valence-corrected chi connectivity index (χ1v) is 7.65. The van der Waals surface area contributed by atoms with E-state index in [4.69, 9.17) is 0 Å². The van der Waals surface area contributed by atoms with Gasteiger partial charge in [0.25, 0.3) is 0 Å². The third kappa shape index (κ3) is 3.08. The Morgan fingerprint density at radius 2 is 1.95 bits per heavy atom. The highest BCUT2D eigenvalue weighted by Gasteiger charge is 2.23. The normalized spacial score (nSPS) is 14.7. The Morgan fingerprint density at radius 3 is 2.62 bits per heavy atom. The number of fused-ring (bicyclic) bond motifs is 1. The summed E-state index contributed by atoms with van der Waals surface area (Å²) < 4.78 is 0.973. The smallest absolute Gasteiger partial charge is 0.216 e. The summed E-state index contributed by atoms with van der Waals surface area (Å²) in [5, 5.41) is 11.0. The first kappa shape index (κ1) is 14.1. The molecule has 1 aliphatic carbocycles. The number of nitro groups is 1. The predicted molar refractivity (Wildman–Crippen MR) is 85.2 cm³/mol. The van der Waals surface area contributed by atoms with E-state index in [1.54, 1.807) is 0 Å². The van der Waals surface area contributed by atoms with Crippen LogP contribution in [0.1, 0.15) is 28.4 Å². The van der Waals surface area contributed by atoms with E-state index >= 15 is 0 Å². The molecule has 5 heteroatoms. The van der Waals surface area contributed by atoms with Crippen LogP contribution in [-0.4, -0.2) is 16.5 Å². The van der Waals surface area contributed by atoms with Gasteiger partial charge in [-0.05, 0) is 35.7 Å². The van der Waals surface area contributed by atoms with E-state index in [1.807, 2.05) is 24.3 Å². The highest BCUT2D eigenvalue weighted by atomic mass is 79.9. The van der Waals surface area contributed by atoms with Crippen molar-refractivity contribution in [1.29, 1.82) is 0 Å². The molecule has 0 spiro atoms. The second kappa shape index (κ2) is 5.85. The van der Waals surface area contributed by atoms with Crippen LogP contribution in [0.3, 0.4) is 0 Å². The molecule has 0 aliphatic heterocycles. The Hall–Kier alpha value is -1.88. The number of aromatic nitrogens is 1. The lowest BCUT2D eigenvalue weighted by atomic mass is 9.95. The average Bonchev–Trinajstić information content (AvgIpc) is 2.89. The molecule has 1 N–H and O–H groups in total. The summed E-state index contributed by atoms with van der Waals surface area (Å²) in [6, 6.07) is 9.81. The van der Waals surface area contributed by atoms with Gasteiger partial charge < -0.3 is 4.98 Å². The van der Waals surface area contributed by atoms with E-state index in [-0.39, 0.29) is 17.4 Å². The molecule has 3 rings (SSSR count). The molecule has 21 heavy (non-hydrogen) atoms. The Bertz CT molecular complexity index is 663. The van der Waals surface area contributed by atoms with E-state index in [9.17, 15) is 10.1 Å². The second-order valence-electron chi connectivity index (χ2n) is 5.23. The van der Waals surface area contributed by atoms with Crippen molar-refractivity contribution in [2.75, 3.05) is 6.54 Å². The molecule has 0 saturated carbocycles. The number of nitrogens with zero attached hydrogens (tertiary/aromatic N) is 1. The lowest BCUT2D eigenvalue weighted by Gasteiger charge is -2.12. The SMILES string of the molecule is O=[N+]([O-])CC(c1ccc(Br)cc1)c1cc2c([nH]1)CC=CC2. The number of nitrogens with one attached hydrogen (secondary N) is 1. The fourth-order valence-electron chi connectivity index (χ4n) is 2.76. The summed E-state index contributed by atoms with van der Waals surface area (Å²) in [6.07, 6.45) is 6.05. The van der Waals surface area contributed by atoms with Crippen molar-refractivity contribution in [3.05, 3.63) is 79.6 Å². The molecule has 0 bridgehead atoms. The van der Waals surface area contributed by atoms with Gasteiger partial charge in [-0.2, -0.15) is 0 Å². The topological polar surface area (TPSA) is 58.9 Å². The second-order valence-corrected chi connectivity index (χ2v) is 6.14. The lowest BCUT2D eigenvalue weighted by molar-refractivity contribution is -0.481. The molecule has 2 aromatic rings. The summed E-state index contributed by atoms with van der Waals surface area (Å²) in [4.78, 5) is 14.2. The molecular formula is C16H15BrN2O2. The Morgan fingerprint density at radius 1 is 1.24 bits per heavy atom. The summed E-state index contributed by atoms with van der Waals surface area (Å²) in [7, 11) is 0. The number of rotatable bonds is 4. The van der Waals surface area contributed by atoms with Gasteiger partial charge in [0.2, 0.25) is 6.54 Å². The number of hydrogen-bond acceptors (Lipinski definition) is 2. The minimum Gasteiger partial charge on any atom is -0.361 e. The van der Waals surface area contributed by atoms with Crippen LogP contribution in [0.2, 0.25) is 0 Å². The van der Waals surface area contributed by atoms with Crippen LogP contribution in [0.15, 0.2) is 47.0 Å². The molecule has 1 heterocycles. The van der Waals surface area contributed by atoms with Crippen molar-refractivity contribution in [2.24, 2.45) is 0 Å². The van der Waals surface area contributed by atoms with Gasteiger partial charge in [0.05, 0.1) is 5.92 Å². The number of aromatic amines is 1. The van der Waals surface area contributed by atoms with Crippen LogP contribution in [0.4, 0.5) is 0 Å². The molecular weight excluding hydrogens is 332 g/mol. The van der Waals surface area contributed by atoms with Gasteiger partial charge in [-0.1, -0.05) is 40.2 Å². The van der Waals surface area contributed by atoms with E-state index in [2.05, 4.69) is 39.1 Å². The number of allylic oxidation sites excluding steroid dienone is 2. The minimum absolute atomic E-state index is 0.103. The van der Waals surface area contributed by atoms with Crippen molar-refractivity contribution >= 4 is 15.9 Å². The van der Waals surface area contributed by atoms with E-state index in [1.165, 1.54) is 11.3 Å². The molecule has 1 unspecified atom stereocenters. The van der Waals surface area contributed by atoms with Crippen molar-refractivity contribution in [3.63, 3.8) is 0 Å². The molecule has 0 radical (unpaired) electrons. The third-order valence-electron chi connectivity index (χ3n) is 3.82. The average molecular weight is 347 g/mol. The fraction of sp³-hybridized carbons (Fsp3) is 0.250. The minimum atomic E-state index is -0.245. The molecule has 0 fully saturated rings. The summed E-state index contributed by atoms with van der Waals surface area (Å²) in [5.74, 6) is -0.237. The number of benzene rings is 1. The van der Waals surface area contributed by atoms with E-state index < -0.39 is 0 Å². The zero-order valence-corrected chi connectivity index (χ0v) is 13.0. The van der Waals surface area contributed by atoms with E-state index in [0.29, 0.717) is 0 Å². The van der Waals surface area contributed by atoms with Crippen LogP contribution in [0.25, 0.3) is 0 Å². The maximum Gasteiger partial charge on any atom is 0.216 e. The Kier molecular flexibility index (Phi) is 3.92. The van der Waals surface area contributed by atoms with Crippen LogP contribution in [0, 0.1) is 10.1 Å². The van der Waals surface area contributed by atoms with Gasteiger partial charge in [-0.15, -0.1) is 0 Å². The van der Waals surface area contributed by atoms with Crippen molar-refractivity contribution in [1.82, 2.24) is 4.98 Å². The number of halogens is 1. The highest BCUT2D eigenvalue weighted by Crippen LogP contribution is 2.29. The number of hydrogen-bond donors (Lipinski definition) is 1. The van der Waals surface area contributed by atoms with Gasteiger partial charge in [-0.25, -0.2) is 0 Å². The molecule has 1 atom stereocenters. The van der Waals surface area contributed by atoms with Gasteiger partial charge in [0, 0.05) is 27.2 Å². The zero-order chi connectivity index (χ0) is 14.8. The van der Waals surface area contributed by atoms with Crippen molar-refractivity contribution in [2.45, 2.75) is 18.8 Å². The maximum atomic E-state index is 11.0. The molecule has 4 nitrogen and oxygen atoms in total. The maximum absolute atomic E-state index is 11.0. The first-order chi connectivity index (χ1) is 10.1. The molecule has 1 aliphatic rings. The van der Waals surface area contributed by atoms with Crippen LogP contribution in [-0.2, 0) is 12.8 Å². The largest absolute Gasteiger partial charge is 0.361 e.